The number of nitrogens with one attached hydrogen (secondary N) is 1. The van der Waals surface area contributed by atoms with Crippen molar-refractivity contribution < 1.29 is 4.74 Å². The number of hydrogen-bond donors (Lipinski definition) is 1. The fourth-order valence-electron chi connectivity index (χ4n) is 2.30. The van der Waals surface area contributed by atoms with E-state index in [1.54, 1.807) is 7.11 Å². The maximum atomic E-state index is 5.27. The fourth-order valence-corrected chi connectivity index (χ4v) is 2.30. The highest BCUT2D eigenvalue weighted by Gasteiger charge is 2.08. The van der Waals surface area contributed by atoms with Crippen molar-refractivity contribution in [1.82, 2.24) is 10.2 Å². The highest BCUT2D eigenvalue weighted by molar-refractivity contribution is 5.63. The molecule has 0 aliphatic heterocycles. The predicted molar refractivity (Wildman–Crippen MR) is 79.8 cm³/mol. The molecule has 1 aromatic heterocycles. The van der Waals surface area contributed by atoms with E-state index in [2.05, 4.69) is 34.5 Å². The second-order valence-electron chi connectivity index (χ2n) is 4.66. The predicted octanol–water partition coefficient (Wildman–Crippen LogP) is 3.68. The molecule has 1 heterocycles. The van der Waals surface area contributed by atoms with E-state index in [1.165, 1.54) is 11.1 Å². The highest BCUT2D eigenvalue weighted by Crippen LogP contribution is 2.24. The van der Waals surface area contributed by atoms with Gasteiger partial charge in [-0.3, -0.25) is 5.10 Å². The van der Waals surface area contributed by atoms with Crippen LogP contribution in [0.3, 0.4) is 0 Å². The minimum atomic E-state index is 0.831. The number of ether oxygens (including phenoxy) is 1. The summed E-state index contributed by atoms with van der Waals surface area (Å²) in [5, 5.41) is 7.27. The Hall–Kier alpha value is -2.55. The smallest absolute Gasteiger partial charge is 0.119 e. The number of methoxy groups -OCH3 is 1. The topological polar surface area (TPSA) is 37.9 Å². The number of H-pyrrole nitrogens is 1. The van der Waals surface area contributed by atoms with Gasteiger partial charge in [0, 0.05) is 12.0 Å². The summed E-state index contributed by atoms with van der Waals surface area (Å²) in [7, 11) is 1.69. The molecule has 0 amide bonds. The first-order valence-electron chi connectivity index (χ1n) is 6.57. The third-order valence-electron chi connectivity index (χ3n) is 3.31. The number of hydrogen-bond acceptors (Lipinski definition) is 2. The van der Waals surface area contributed by atoms with E-state index in [0.29, 0.717) is 0 Å². The van der Waals surface area contributed by atoms with Gasteiger partial charge in [-0.05, 0) is 23.3 Å². The Kier molecular flexibility index (Phi) is 3.50. The second kappa shape index (κ2) is 5.61. The summed E-state index contributed by atoms with van der Waals surface area (Å²) in [5.41, 5.74) is 4.63. The van der Waals surface area contributed by atoms with Gasteiger partial charge in [-0.1, -0.05) is 42.5 Å². The molecular weight excluding hydrogens is 248 g/mol. The number of rotatable bonds is 4. The van der Waals surface area contributed by atoms with E-state index in [4.69, 9.17) is 4.74 Å². The summed E-state index contributed by atoms with van der Waals surface area (Å²) in [4.78, 5) is 0. The lowest BCUT2D eigenvalue weighted by Gasteiger charge is -2.05. The Balaban J connectivity index is 1.90. The lowest BCUT2D eigenvalue weighted by Crippen LogP contribution is -1.91. The van der Waals surface area contributed by atoms with Crippen LogP contribution < -0.4 is 4.74 Å². The highest BCUT2D eigenvalue weighted by atomic mass is 16.5. The Morgan fingerprint density at radius 2 is 1.90 bits per heavy atom. The standard InChI is InChI=1S/C17H16N2O/c1-20-16-9-5-6-13(11-16)10-15-12-18-19-17(15)14-7-3-2-4-8-14/h2-9,11-12H,10H2,1H3,(H,18,19). The molecule has 0 saturated carbocycles. The third kappa shape index (κ3) is 2.57. The summed E-state index contributed by atoms with van der Waals surface area (Å²) < 4.78 is 5.27. The van der Waals surface area contributed by atoms with Crippen molar-refractivity contribution in [2.45, 2.75) is 6.42 Å². The first-order chi connectivity index (χ1) is 9.86. The zero-order valence-corrected chi connectivity index (χ0v) is 11.3. The molecule has 0 unspecified atom stereocenters. The van der Waals surface area contributed by atoms with Gasteiger partial charge < -0.3 is 4.74 Å². The molecule has 0 radical (unpaired) electrons. The van der Waals surface area contributed by atoms with Crippen LogP contribution in [0.4, 0.5) is 0 Å². The molecule has 0 fully saturated rings. The Bertz CT molecular complexity index is 689. The van der Waals surface area contributed by atoms with Crippen molar-refractivity contribution in [3.8, 4) is 17.0 Å². The van der Waals surface area contributed by atoms with Crippen molar-refractivity contribution in [3.63, 3.8) is 0 Å². The molecule has 0 saturated heterocycles. The lowest BCUT2D eigenvalue weighted by molar-refractivity contribution is 0.414. The fraction of sp³-hybridized carbons (Fsp3) is 0.118. The molecule has 100 valence electrons. The molecule has 0 bridgehead atoms. The molecule has 3 aromatic rings. The van der Waals surface area contributed by atoms with Gasteiger partial charge in [0.05, 0.1) is 19.0 Å². The Labute approximate surface area is 118 Å². The molecular formula is C17H16N2O. The number of aromatic nitrogens is 2. The van der Waals surface area contributed by atoms with Crippen LogP contribution >= 0.6 is 0 Å². The SMILES string of the molecule is COc1cccc(Cc2cn[nH]c2-c2ccccc2)c1. The maximum Gasteiger partial charge on any atom is 0.119 e. The average Bonchev–Trinajstić information content (AvgIpc) is 2.96. The lowest BCUT2D eigenvalue weighted by atomic mass is 10.0. The van der Waals surface area contributed by atoms with Crippen molar-refractivity contribution >= 4 is 0 Å². The van der Waals surface area contributed by atoms with E-state index in [9.17, 15) is 0 Å². The van der Waals surface area contributed by atoms with Crippen LogP contribution in [0, 0.1) is 0 Å². The molecule has 3 heteroatoms. The van der Waals surface area contributed by atoms with Gasteiger partial charge in [-0.15, -0.1) is 0 Å². The molecule has 20 heavy (non-hydrogen) atoms. The van der Waals surface area contributed by atoms with Crippen LogP contribution in [0.15, 0.2) is 60.8 Å². The van der Waals surface area contributed by atoms with Gasteiger partial charge in [0.1, 0.15) is 5.75 Å². The summed E-state index contributed by atoms with van der Waals surface area (Å²) in [6.07, 6.45) is 2.72. The Morgan fingerprint density at radius 1 is 1.05 bits per heavy atom. The zero-order chi connectivity index (χ0) is 13.8. The van der Waals surface area contributed by atoms with Crippen molar-refractivity contribution in [2.75, 3.05) is 7.11 Å². The first kappa shape index (κ1) is 12.5. The van der Waals surface area contributed by atoms with Crippen LogP contribution in [0.1, 0.15) is 11.1 Å². The van der Waals surface area contributed by atoms with Gasteiger partial charge >= 0.3 is 0 Å². The number of aromatic amines is 1. The summed E-state index contributed by atoms with van der Waals surface area (Å²) in [6, 6.07) is 18.4. The van der Waals surface area contributed by atoms with Crippen LogP contribution in [-0.2, 0) is 6.42 Å². The van der Waals surface area contributed by atoms with E-state index in [0.717, 1.165) is 23.4 Å². The summed E-state index contributed by atoms with van der Waals surface area (Å²) >= 11 is 0. The minimum Gasteiger partial charge on any atom is -0.497 e. The molecule has 0 atom stereocenters. The third-order valence-corrected chi connectivity index (χ3v) is 3.31. The van der Waals surface area contributed by atoms with Crippen molar-refractivity contribution in [2.24, 2.45) is 0 Å². The molecule has 0 aliphatic rings. The molecule has 3 rings (SSSR count). The van der Waals surface area contributed by atoms with E-state index >= 15 is 0 Å². The maximum absolute atomic E-state index is 5.27. The number of nitrogens with zero attached hydrogens (tertiary/aromatic N) is 1. The first-order valence-corrected chi connectivity index (χ1v) is 6.57. The van der Waals surface area contributed by atoms with E-state index < -0.39 is 0 Å². The average molecular weight is 264 g/mol. The quantitative estimate of drug-likeness (QED) is 0.780. The largest absolute Gasteiger partial charge is 0.497 e. The van der Waals surface area contributed by atoms with Crippen molar-refractivity contribution in [3.05, 3.63) is 71.9 Å². The van der Waals surface area contributed by atoms with Crippen molar-refractivity contribution in [1.29, 1.82) is 0 Å². The van der Waals surface area contributed by atoms with Gasteiger partial charge in [-0.2, -0.15) is 5.10 Å². The van der Waals surface area contributed by atoms with Gasteiger partial charge in [0.25, 0.3) is 0 Å². The zero-order valence-electron chi connectivity index (χ0n) is 11.3. The molecule has 0 spiro atoms. The van der Waals surface area contributed by atoms with E-state index in [-0.39, 0.29) is 0 Å². The molecule has 1 N–H and O–H groups in total. The normalized spacial score (nSPS) is 10.4. The van der Waals surface area contributed by atoms with Gasteiger partial charge in [0.15, 0.2) is 0 Å². The Morgan fingerprint density at radius 3 is 2.70 bits per heavy atom. The minimum absolute atomic E-state index is 0.831. The van der Waals surface area contributed by atoms with Crippen LogP contribution in [0.2, 0.25) is 0 Å². The van der Waals surface area contributed by atoms with Gasteiger partial charge in [-0.25, -0.2) is 0 Å². The van der Waals surface area contributed by atoms with Crippen LogP contribution in [0.5, 0.6) is 5.75 Å². The summed E-state index contributed by atoms with van der Waals surface area (Å²) in [6.45, 7) is 0. The molecule has 0 aliphatic carbocycles. The second-order valence-corrected chi connectivity index (χ2v) is 4.66. The molecule has 3 nitrogen and oxygen atoms in total. The van der Waals surface area contributed by atoms with Crippen LogP contribution in [0.25, 0.3) is 11.3 Å². The van der Waals surface area contributed by atoms with Crippen LogP contribution in [-0.4, -0.2) is 17.3 Å². The number of benzene rings is 2. The monoisotopic (exact) mass is 264 g/mol. The molecule has 2 aromatic carbocycles. The summed E-state index contributed by atoms with van der Waals surface area (Å²) in [5.74, 6) is 0.882. The van der Waals surface area contributed by atoms with Gasteiger partial charge in [0.2, 0.25) is 0 Å². The van der Waals surface area contributed by atoms with E-state index in [1.807, 2.05) is 36.5 Å².